The van der Waals surface area contributed by atoms with Crippen LogP contribution in [0, 0.1) is 0 Å². The van der Waals surface area contributed by atoms with E-state index in [9.17, 15) is 12.3 Å². The van der Waals surface area contributed by atoms with E-state index in [2.05, 4.69) is 10.2 Å². The predicted octanol–water partition coefficient (Wildman–Crippen LogP) is 1.61. The van der Waals surface area contributed by atoms with Gasteiger partial charge in [0.1, 0.15) is 5.82 Å². The van der Waals surface area contributed by atoms with Crippen molar-refractivity contribution >= 4 is 10.2 Å². The summed E-state index contributed by atoms with van der Waals surface area (Å²) >= 11 is 0. The zero-order valence-electron chi connectivity index (χ0n) is 9.06. The van der Waals surface area contributed by atoms with Gasteiger partial charge in [-0.1, -0.05) is 17.2 Å². The van der Waals surface area contributed by atoms with Gasteiger partial charge < -0.3 is 0 Å². The van der Waals surface area contributed by atoms with Gasteiger partial charge in [0.05, 0.1) is 0 Å². The van der Waals surface area contributed by atoms with Crippen molar-refractivity contribution in [1.82, 2.24) is 14.8 Å². The lowest BCUT2D eigenvalue weighted by Gasteiger charge is -2.05. The Kier molecular flexibility index (Phi) is 2.96. The summed E-state index contributed by atoms with van der Waals surface area (Å²) in [4.78, 5) is 0. The fourth-order valence-electron chi connectivity index (χ4n) is 1.68. The smallest absolute Gasteiger partial charge is 0.296 e. The molecule has 0 aliphatic heterocycles. The van der Waals surface area contributed by atoms with Crippen LogP contribution in [0.25, 0.3) is 0 Å². The highest BCUT2D eigenvalue weighted by Gasteiger charge is 2.34. The quantitative estimate of drug-likeness (QED) is 0.741. The molecule has 0 unspecified atom stereocenters. The summed E-state index contributed by atoms with van der Waals surface area (Å²) in [5.41, 5.74) is 0. The summed E-state index contributed by atoms with van der Waals surface area (Å²) < 4.78 is 36.2. The minimum atomic E-state index is -4.75. The number of unbranched alkanes of at least 4 members (excludes halogenated alkanes) is 1. The Morgan fingerprint density at radius 2 is 2.12 bits per heavy atom. The molecule has 0 aromatic carbocycles. The van der Waals surface area contributed by atoms with E-state index in [-0.39, 0.29) is 6.04 Å². The largest absolute Gasteiger partial charge is 0.368 e. The molecule has 1 aliphatic carbocycles. The van der Waals surface area contributed by atoms with Gasteiger partial charge in [-0.25, -0.2) is 0 Å². The van der Waals surface area contributed by atoms with Gasteiger partial charge in [-0.2, -0.15) is 8.42 Å². The first-order valence-electron chi connectivity index (χ1n) is 5.42. The Morgan fingerprint density at radius 3 is 2.62 bits per heavy atom. The third-order valence-corrected chi connectivity index (χ3v) is 3.33. The first-order chi connectivity index (χ1) is 7.54. The van der Waals surface area contributed by atoms with E-state index >= 15 is 0 Å². The number of aromatic nitrogens is 3. The zero-order chi connectivity index (χ0) is 11.8. The van der Waals surface area contributed by atoms with E-state index in [0.717, 1.165) is 25.7 Å². The molecule has 0 radical (unpaired) electrons. The summed E-state index contributed by atoms with van der Waals surface area (Å²) in [6.07, 6.45) is 4.28. The summed E-state index contributed by atoms with van der Waals surface area (Å²) in [6, 6.07) is 0.0716. The number of aryl methyl sites for hydroxylation is 1. The fraction of sp³-hybridized carbons (Fsp3) is 0.778. The molecule has 0 amide bonds. The molecule has 5 nitrogen and oxygen atoms in total. The van der Waals surface area contributed by atoms with Crippen molar-refractivity contribution in [2.45, 2.75) is 50.2 Å². The lowest BCUT2D eigenvalue weighted by molar-refractivity contribution is 0.518. The lowest BCUT2D eigenvalue weighted by atomic mass is 10.2. The molecule has 0 saturated heterocycles. The molecule has 7 heteroatoms. The molecule has 1 aliphatic rings. The van der Waals surface area contributed by atoms with Gasteiger partial charge >= 0.3 is 10.2 Å². The lowest BCUT2D eigenvalue weighted by Crippen LogP contribution is -2.08. The molecule has 90 valence electrons. The average Bonchev–Trinajstić information content (AvgIpc) is 2.94. The molecule has 0 bridgehead atoms. The summed E-state index contributed by atoms with van der Waals surface area (Å²) in [5.74, 6) is 0.584. The van der Waals surface area contributed by atoms with Gasteiger partial charge in [0.15, 0.2) is 0 Å². The van der Waals surface area contributed by atoms with Crippen molar-refractivity contribution in [2.24, 2.45) is 0 Å². The minimum absolute atomic E-state index is 0.0716. The van der Waals surface area contributed by atoms with Crippen LogP contribution in [0.3, 0.4) is 0 Å². The predicted molar refractivity (Wildman–Crippen MR) is 55.2 cm³/mol. The summed E-state index contributed by atoms with van der Waals surface area (Å²) in [7, 11) is -4.75. The second-order valence-electron chi connectivity index (χ2n) is 4.04. The van der Waals surface area contributed by atoms with E-state index in [4.69, 9.17) is 0 Å². The molecule has 0 spiro atoms. The third-order valence-electron chi connectivity index (χ3n) is 2.62. The van der Waals surface area contributed by atoms with Gasteiger partial charge in [-0.15, -0.1) is 10.2 Å². The van der Waals surface area contributed by atoms with Crippen molar-refractivity contribution in [1.29, 1.82) is 0 Å². The van der Waals surface area contributed by atoms with Crippen molar-refractivity contribution < 1.29 is 12.3 Å². The Hall–Kier alpha value is -0.980. The molecule has 16 heavy (non-hydrogen) atoms. The molecular formula is C9H14FN3O2S. The number of hydrogen-bond donors (Lipinski definition) is 0. The van der Waals surface area contributed by atoms with Gasteiger partial charge in [-0.05, 0) is 19.3 Å². The number of halogens is 1. The normalized spacial score (nSPS) is 16.6. The van der Waals surface area contributed by atoms with E-state index in [1.807, 2.05) is 6.92 Å². The Morgan fingerprint density at radius 1 is 1.44 bits per heavy atom. The monoisotopic (exact) mass is 247 g/mol. The van der Waals surface area contributed by atoms with Gasteiger partial charge in [-0.3, -0.25) is 4.57 Å². The first-order valence-corrected chi connectivity index (χ1v) is 6.81. The standard InChI is InChI=1S/C9H14FN3O2S/c1-2-3-4-8-11-12-9(16(10,14)15)13(8)7-5-6-7/h7H,2-6H2,1H3. The van der Waals surface area contributed by atoms with Gasteiger partial charge in [0.25, 0.3) is 5.16 Å². The topological polar surface area (TPSA) is 64.8 Å². The maximum absolute atomic E-state index is 13.0. The fourth-order valence-corrected chi connectivity index (χ4v) is 2.31. The van der Waals surface area contributed by atoms with E-state index in [1.54, 1.807) is 0 Å². The van der Waals surface area contributed by atoms with E-state index in [1.165, 1.54) is 4.57 Å². The molecule has 0 atom stereocenters. The van der Waals surface area contributed by atoms with Gasteiger partial charge in [0, 0.05) is 12.5 Å². The first kappa shape index (κ1) is 11.5. The van der Waals surface area contributed by atoms with Crippen LogP contribution in [0.1, 0.15) is 44.5 Å². The second kappa shape index (κ2) is 4.12. The molecular weight excluding hydrogens is 233 g/mol. The highest BCUT2D eigenvalue weighted by molar-refractivity contribution is 7.86. The summed E-state index contributed by atoms with van der Waals surface area (Å²) in [6.45, 7) is 2.03. The van der Waals surface area contributed by atoms with Crippen LogP contribution in [0.4, 0.5) is 3.89 Å². The molecule has 1 aromatic heterocycles. The molecule has 1 fully saturated rings. The second-order valence-corrected chi connectivity index (χ2v) is 5.28. The Labute approximate surface area is 93.9 Å². The van der Waals surface area contributed by atoms with Crippen LogP contribution < -0.4 is 0 Å². The molecule has 2 rings (SSSR count). The van der Waals surface area contributed by atoms with E-state index < -0.39 is 15.4 Å². The molecule has 1 aromatic rings. The van der Waals surface area contributed by atoms with E-state index in [0.29, 0.717) is 12.2 Å². The zero-order valence-corrected chi connectivity index (χ0v) is 9.87. The molecule has 1 saturated carbocycles. The highest BCUT2D eigenvalue weighted by Crippen LogP contribution is 2.38. The summed E-state index contributed by atoms with van der Waals surface area (Å²) in [5, 5.41) is 6.70. The molecule has 0 N–H and O–H groups in total. The van der Waals surface area contributed by atoms with Crippen LogP contribution in [0.15, 0.2) is 5.16 Å². The van der Waals surface area contributed by atoms with Crippen molar-refractivity contribution in [2.75, 3.05) is 0 Å². The van der Waals surface area contributed by atoms with Crippen molar-refractivity contribution in [3.8, 4) is 0 Å². The number of rotatable bonds is 5. The maximum atomic E-state index is 13.0. The Balaban J connectivity index is 2.36. The van der Waals surface area contributed by atoms with Crippen LogP contribution in [0.5, 0.6) is 0 Å². The molecule has 1 heterocycles. The minimum Gasteiger partial charge on any atom is -0.296 e. The Bertz CT molecular complexity index is 479. The number of nitrogens with zero attached hydrogens (tertiary/aromatic N) is 3. The van der Waals surface area contributed by atoms with Crippen molar-refractivity contribution in [3.05, 3.63) is 5.82 Å². The SMILES string of the molecule is CCCCc1nnc(S(=O)(=O)F)n1C1CC1. The number of hydrogen-bond acceptors (Lipinski definition) is 4. The van der Waals surface area contributed by atoms with Crippen LogP contribution in [0.2, 0.25) is 0 Å². The van der Waals surface area contributed by atoms with Crippen LogP contribution >= 0.6 is 0 Å². The average molecular weight is 247 g/mol. The van der Waals surface area contributed by atoms with Crippen LogP contribution in [-0.2, 0) is 16.6 Å². The van der Waals surface area contributed by atoms with Crippen LogP contribution in [-0.4, -0.2) is 23.2 Å². The maximum Gasteiger partial charge on any atom is 0.368 e. The third kappa shape index (κ3) is 2.23. The van der Waals surface area contributed by atoms with Crippen molar-refractivity contribution in [3.63, 3.8) is 0 Å². The van der Waals surface area contributed by atoms with Gasteiger partial charge in [0.2, 0.25) is 0 Å². The highest BCUT2D eigenvalue weighted by atomic mass is 32.3.